The van der Waals surface area contributed by atoms with Crippen molar-refractivity contribution in [3.63, 3.8) is 0 Å². The molecule has 1 N–H and O–H groups in total. The van der Waals surface area contributed by atoms with Crippen LogP contribution in [-0.4, -0.2) is 15.7 Å². The monoisotopic (exact) mass is 338 g/mol. The Kier molecular flexibility index (Phi) is 4.37. The number of hydrogen-bond donors (Lipinski definition) is 1. The highest BCUT2D eigenvalue weighted by Gasteiger charge is 2.15. The lowest BCUT2D eigenvalue weighted by Gasteiger charge is -2.07. The fourth-order valence-corrected chi connectivity index (χ4v) is 4.09. The average Bonchev–Trinajstić information content (AvgIpc) is 2.84. The summed E-state index contributed by atoms with van der Waals surface area (Å²) in [6, 6.07) is 6.33. The van der Waals surface area contributed by atoms with Crippen molar-refractivity contribution in [3.05, 3.63) is 51.3 Å². The van der Waals surface area contributed by atoms with Gasteiger partial charge in [0.05, 0.1) is 16.3 Å². The van der Waals surface area contributed by atoms with Crippen molar-refractivity contribution < 1.29 is 0 Å². The van der Waals surface area contributed by atoms with Crippen LogP contribution >= 0.6 is 11.3 Å². The van der Waals surface area contributed by atoms with Crippen molar-refractivity contribution in [2.45, 2.75) is 41.5 Å². The summed E-state index contributed by atoms with van der Waals surface area (Å²) >= 11 is 1.68. The first-order chi connectivity index (χ1) is 11.4. The van der Waals surface area contributed by atoms with Gasteiger partial charge in [0, 0.05) is 11.1 Å². The SMILES string of the molecule is C/C(=N\Nc1cc(C)ccc1C)c1sc2nc(C)nc(C)c2c1C. The molecule has 0 saturated heterocycles. The molecular weight excluding hydrogens is 316 g/mol. The summed E-state index contributed by atoms with van der Waals surface area (Å²) in [6.07, 6.45) is 0. The summed E-state index contributed by atoms with van der Waals surface area (Å²) in [5.41, 5.74) is 9.86. The Labute approximate surface area is 146 Å². The first kappa shape index (κ1) is 16.6. The number of fused-ring (bicyclic) bond motifs is 1. The highest BCUT2D eigenvalue weighted by Crippen LogP contribution is 2.31. The number of rotatable bonds is 3. The van der Waals surface area contributed by atoms with Gasteiger partial charge in [-0.25, -0.2) is 9.97 Å². The Balaban J connectivity index is 1.99. The highest BCUT2D eigenvalue weighted by atomic mass is 32.1. The first-order valence-electron chi connectivity index (χ1n) is 7.99. The molecule has 0 unspecified atom stereocenters. The third-order valence-corrected chi connectivity index (χ3v) is 5.44. The Morgan fingerprint density at radius 1 is 1.08 bits per heavy atom. The quantitative estimate of drug-likeness (QED) is 0.536. The van der Waals surface area contributed by atoms with E-state index in [-0.39, 0.29) is 0 Å². The molecule has 0 aliphatic carbocycles. The van der Waals surface area contributed by atoms with Crippen molar-refractivity contribution in [1.82, 2.24) is 9.97 Å². The van der Waals surface area contributed by atoms with E-state index >= 15 is 0 Å². The van der Waals surface area contributed by atoms with E-state index in [1.807, 2.05) is 20.8 Å². The molecule has 1 aromatic carbocycles. The third kappa shape index (κ3) is 3.04. The number of aryl methyl sites for hydroxylation is 5. The lowest BCUT2D eigenvalue weighted by Crippen LogP contribution is -2.00. The molecule has 4 nitrogen and oxygen atoms in total. The number of nitrogens with zero attached hydrogens (tertiary/aromatic N) is 3. The topological polar surface area (TPSA) is 50.2 Å². The number of nitrogens with one attached hydrogen (secondary N) is 1. The molecule has 0 amide bonds. The number of hydrazone groups is 1. The zero-order valence-electron chi connectivity index (χ0n) is 15.0. The van der Waals surface area contributed by atoms with Gasteiger partial charge in [-0.15, -0.1) is 11.3 Å². The number of aromatic nitrogens is 2. The van der Waals surface area contributed by atoms with Crippen molar-refractivity contribution in [2.24, 2.45) is 5.10 Å². The van der Waals surface area contributed by atoms with Gasteiger partial charge in [-0.2, -0.15) is 5.10 Å². The summed E-state index contributed by atoms with van der Waals surface area (Å²) in [5.74, 6) is 0.816. The minimum atomic E-state index is 0.816. The van der Waals surface area contributed by atoms with Gasteiger partial charge in [0.2, 0.25) is 0 Å². The van der Waals surface area contributed by atoms with Gasteiger partial charge in [0.25, 0.3) is 0 Å². The maximum Gasteiger partial charge on any atom is 0.128 e. The standard InChI is InChI=1S/C19H22N4S/c1-10-7-8-11(2)16(9-10)23-22-14(5)18-12(3)17-13(4)20-15(6)21-19(17)24-18/h7-9,23H,1-6H3/b22-14+. The maximum absolute atomic E-state index is 4.60. The third-order valence-electron chi connectivity index (χ3n) is 4.15. The smallest absolute Gasteiger partial charge is 0.128 e. The average molecular weight is 338 g/mol. The number of hydrogen-bond acceptors (Lipinski definition) is 5. The molecule has 0 atom stereocenters. The minimum absolute atomic E-state index is 0.816. The van der Waals surface area contributed by atoms with E-state index in [2.05, 4.69) is 59.5 Å². The van der Waals surface area contributed by atoms with Crippen LogP contribution in [0, 0.1) is 34.6 Å². The fourth-order valence-electron chi connectivity index (χ4n) is 2.87. The molecule has 3 aromatic rings. The van der Waals surface area contributed by atoms with Gasteiger partial charge >= 0.3 is 0 Å². The van der Waals surface area contributed by atoms with Gasteiger partial charge < -0.3 is 0 Å². The summed E-state index contributed by atoms with van der Waals surface area (Å²) in [6.45, 7) is 12.3. The summed E-state index contributed by atoms with van der Waals surface area (Å²) < 4.78 is 0. The van der Waals surface area contributed by atoms with Gasteiger partial charge in [0.15, 0.2) is 0 Å². The van der Waals surface area contributed by atoms with Crippen LogP contribution in [0.4, 0.5) is 5.69 Å². The highest BCUT2D eigenvalue weighted by molar-refractivity contribution is 7.20. The second-order valence-electron chi connectivity index (χ2n) is 6.22. The Morgan fingerprint density at radius 2 is 1.83 bits per heavy atom. The Bertz CT molecular complexity index is 954. The number of anilines is 1. The van der Waals surface area contributed by atoms with E-state index in [4.69, 9.17) is 0 Å². The molecule has 24 heavy (non-hydrogen) atoms. The van der Waals surface area contributed by atoms with Gasteiger partial charge in [0.1, 0.15) is 10.7 Å². The zero-order chi connectivity index (χ0) is 17.4. The van der Waals surface area contributed by atoms with Gasteiger partial charge in [-0.3, -0.25) is 5.43 Å². The van der Waals surface area contributed by atoms with Crippen LogP contribution in [0.5, 0.6) is 0 Å². The zero-order valence-corrected chi connectivity index (χ0v) is 15.8. The van der Waals surface area contributed by atoms with E-state index in [0.29, 0.717) is 0 Å². The van der Waals surface area contributed by atoms with Crippen LogP contribution < -0.4 is 5.43 Å². The van der Waals surface area contributed by atoms with E-state index in [1.54, 1.807) is 11.3 Å². The molecule has 0 radical (unpaired) electrons. The molecule has 0 fully saturated rings. The summed E-state index contributed by atoms with van der Waals surface area (Å²) in [5, 5.41) is 5.76. The first-order valence-corrected chi connectivity index (χ1v) is 8.80. The number of thiophene rings is 1. The molecule has 0 aliphatic heterocycles. The number of benzene rings is 1. The fraction of sp³-hybridized carbons (Fsp3) is 0.316. The van der Waals surface area contributed by atoms with Crippen LogP contribution in [0.15, 0.2) is 23.3 Å². The van der Waals surface area contributed by atoms with Crippen LogP contribution in [-0.2, 0) is 0 Å². The molecule has 2 heterocycles. The maximum atomic E-state index is 4.60. The van der Waals surface area contributed by atoms with Crippen molar-refractivity contribution in [2.75, 3.05) is 5.43 Å². The summed E-state index contributed by atoms with van der Waals surface area (Å²) in [4.78, 5) is 11.3. The predicted octanol–water partition coefficient (Wildman–Crippen LogP) is 5.07. The van der Waals surface area contributed by atoms with Crippen LogP contribution in [0.2, 0.25) is 0 Å². The molecule has 124 valence electrons. The normalized spacial score (nSPS) is 12.0. The van der Waals surface area contributed by atoms with Crippen molar-refractivity contribution in [3.8, 4) is 0 Å². The molecule has 0 bridgehead atoms. The summed E-state index contributed by atoms with van der Waals surface area (Å²) in [7, 11) is 0. The van der Waals surface area contributed by atoms with Crippen LogP contribution in [0.25, 0.3) is 10.2 Å². The van der Waals surface area contributed by atoms with Crippen LogP contribution in [0.3, 0.4) is 0 Å². The molecule has 3 rings (SSSR count). The minimum Gasteiger partial charge on any atom is -0.278 e. The van der Waals surface area contributed by atoms with Crippen molar-refractivity contribution in [1.29, 1.82) is 0 Å². The lowest BCUT2D eigenvalue weighted by molar-refractivity contribution is 1.05. The van der Waals surface area contributed by atoms with E-state index in [0.717, 1.165) is 38.0 Å². The van der Waals surface area contributed by atoms with Gasteiger partial charge in [-0.05, 0) is 64.3 Å². The Morgan fingerprint density at radius 3 is 2.58 bits per heavy atom. The second-order valence-corrected chi connectivity index (χ2v) is 7.22. The van der Waals surface area contributed by atoms with E-state index in [9.17, 15) is 0 Å². The molecule has 0 aliphatic rings. The molecule has 5 heteroatoms. The second kappa shape index (κ2) is 6.32. The molecule has 0 saturated carbocycles. The lowest BCUT2D eigenvalue weighted by atomic mass is 10.1. The predicted molar refractivity (Wildman–Crippen MR) is 103 cm³/mol. The van der Waals surface area contributed by atoms with E-state index < -0.39 is 0 Å². The molecular formula is C19H22N4S. The molecule has 2 aromatic heterocycles. The molecule has 0 spiro atoms. The van der Waals surface area contributed by atoms with Crippen LogP contribution in [0.1, 0.15) is 40.0 Å². The van der Waals surface area contributed by atoms with E-state index in [1.165, 1.54) is 16.7 Å². The van der Waals surface area contributed by atoms with Crippen molar-refractivity contribution >= 4 is 33.0 Å². The largest absolute Gasteiger partial charge is 0.278 e. The van der Waals surface area contributed by atoms with Gasteiger partial charge in [-0.1, -0.05) is 12.1 Å². The Hall–Kier alpha value is -2.27.